The number of ether oxygens (including phenoxy) is 1. The fourth-order valence-corrected chi connectivity index (χ4v) is 6.56. The van der Waals surface area contributed by atoms with Crippen molar-refractivity contribution in [1.29, 1.82) is 0 Å². The monoisotopic (exact) mass is 813 g/mol. The average Bonchev–Trinajstić information content (AvgIpc) is 3.35. The Morgan fingerprint density at radius 1 is 1.16 bits per heavy atom. The molecule has 0 unspecified atom stereocenters. The maximum Gasteiger partial charge on any atom is 0.339 e. The van der Waals surface area contributed by atoms with Gasteiger partial charge in [0.05, 0.1) is 30.7 Å². The van der Waals surface area contributed by atoms with E-state index in [-0.39, 0.29) is 26.9 Å². The molecule has 0 bridgehead atoms. The van der Waals surface area contributed by atoms with E-state index in [2.05, 4.69) is 61.4 Å². The molecular formula is C28H42ClFN9O8PS3. The number of nitrogens with one attached hydrogen (secondary N) is 3. The molecule has 0 saturated carbocycles. The van der Waals surface area contributed by atoms with Gasteiger partial charge in [-0.3, -0.25) is 28.9 Å². The predicted molar refractivity (Wildman–Crippen MR) is 197 cm³/mol. The Bertz CT molecular complexity index is 1810. The van der Waals surface area contributed by atoms with Gasteiger partial charge in [-0.1, -0.05) is 23.4 Å². The Hall–Kier alpha value is -3.04. The summed E-state index contributed by atoms with van der Waals surface area (Å²) in [4.78, 5) is 67.5. The molecule has 0 atom stereocenters. The number of anilines is 2. The molecule has 0 fully saturated rings. The first kappa shape index (κ1) is 44.1. The number of esters is 1. The van der Waals surface area contributed by atoms with Gasteiger partial charge in [0.2, 0.25) is 16.7 Å². The molecule has 23 heteroatoms. The number of carboxylic acid groups (broad SMARTS) is 1. The van der Waals surface area contributed by atoms with E-state index in [0.717, 1.165) is 53.7 Å². The van der Waals surface area contributed by atoms with E-state index in [0.29, 0.717) is 34.7 Å². The molecule has 6 N–H and O–H groups in total. The number of thioether (sulfide) groups is 2. The first-order valence-electron chi connectivity index (χ1n) is 15.2. The topological polar surface area (TPSA) is 235 Å². The Morgan fingerprint density at radius 2 is 1.80 bits per heavy atom. The largest absolute Gasteiger partial charge is 0.480 e. The predicted octanol–water partition coefficient (Wildman–Crippen LogP) is 3.83. The summed E-state index contributed by atoms with van der Waals surface area (Å²) in [5, 5.41) is 17.3. The van der Waals surface area contributed by atoms with E-state index >= 15 is 0 Å². The summed E-state index contributed by atoms with van der Waals surface area (Å²) in [6.45, 7) is 9.91. The molecule has 3 heterocycles. The summed E-state index contributed by atoms with van der Waals surface area (Å²) in [5.74, 6) is -0.835. The second-order valence-electron chi connectivity index (χ2n) is 11.3. The van der Waals surface area contributed by atoms with Gasteiger partial charge in [-0.15, -0.1) is 11.8 Å². The maximum atomic E-state index is 14.3. The molecule has 1 aromatic carbocycles. The van der Waals surface area contributed by atoms with E-state index in [1.807, 2.05) is 13.2 Å². The van der Waals surface area contributed by atoms with Crippen molar-refractivity contribution in [2.45, 2.75) is 69.2 Å². The average molecular weight is 814 g/mol. The zero-order valence-corrected chi connectivity index (χ0v) is 32.9. The number of nitrogens with zero attached hydrogens (tertiary/aromatic N) is 6. The third-order valence-electron chi connectivity index (χ3n) is 5.90. The van der Waals surface area contributed by atoms with Crippen LogP contribution in [0.4, 0.5) is 22.0 Å². The number of aliphatic carboxylic acids is 1. The molecule has 0 saturated heterocycles. The van der Waals surface area contributed by atoms with Gasteiger partial charge in [0.25, 0.3) is 0 Å². The van der Waals surface area contributed by atoms with Gasteiger partial charge in [0.15, 0.2) is 5.16 Å². The summed E-state index contributed by atoms with van der Waals surface area (Å²) in [6.07, 6.45) is 3.25. The Balaban J connectivity index is 0.000000297. The van der Waals surface area contributed by atoms with Crippen LogP contribution < -0.4 is 25.6 Å². The van der Waals surface area contributed by atoms with Gasteiger partial charge in [0, 0.05) is 30.1 Å². The lowest BCUT2D eigenvalue weighted by atomic mass is 10.1. The van der Waals surface area contributed by atoms with Crippen LogP contribution in [0.15, 0.2) is 32.0 Å². The molecule has 51 heavy (non-hydrogen) atoms. The number of carbonyl (C=O) groups excluding carboxylic acids is 1. The van der Waals surface area contributed by atoms with Crippen molar-refractivity contribution in [1.82, 2.24) is 29.6 Å². The lowest BCUT2D eigenvalue weighted by molar-refractivity contribution is -0.137. The third kappa shape index (κ3) is 16.5. The SMILES string of the molecule is CCNc1nc(NC(C)(C)C)nc(SC)n1.COC(=O)CSc1cc(/N=c2\sc(=O)n3n2CCCC3)c(F)cc1Cl.O=C(O)CNCP(=O)(O)O. The van der Waals surface area contributed by atoms with E-state index in [1.54, 1.807) is 9.36 Å². The molecule has 3 aromatic rings. The molecule has 0 aliphatic carbocycles. The lowest BCUT2D eigenvalue weighted by Gasteiger charge is -2.20. The van der Waals surface area contributed by atoms with Gasteiger partial charge in [-0.25, -0.2) is 14.1 Å². The van der Waals surface area contributed by atoms with Crippen molar-refractivity contribution >= 4 is 83.6 Å². The van der Waals surface area contributed by atoms with Crippen LogP contribution in [-0.4, -0.2) is 95.2 Å². The van der Waals surface area contributed by atoms with E-state index in [1.165, 1.54) is 24.9 Å². The molecule has 0 spiro atoms. The van der Waals surface area contributed by atoms with Gasteiger partial charge < -0.3 is 30.3 Å². The van der Waals surface area contributed by atoms with Crippen molar-refractivity contribution in [2.75, 3.05) is 49.1 Å². The quantitative estimate of drug-likeness (QED) is 0.0866. The van der Waals surface area contributed by atoms with Crippen molar-refractivity contribution in [3.05, 3.63) is 37.4 Å². The second kappa shape index (κ2) is 20.9. The fraction of sp³-hybridized carbons (Fsp3) is 0.536. The summed E-state index contributed by atoms with van der Waals surface area (Å²) >= 11 is 9.68. The van der Waals surface area contributed by atoms with Gasteiger partial charge >= 0.3 is 24.4 Å². The van der Waals surface area contributed by atoms with Crippen LogP contribution in [0.25, 0.3) is 0 Å². The molecule has 1 aliphatic heterocycles. The normalized spacial score (nSPS) is 12.9. The number of hydrogen-bond acceptors (Lipinski definition) is 15. The molecule has 0 radical (unpaired) electrons. The zero-order valence-electron chi connectivity index (χ0n) is 28.8. The molecule has 2 aromatic heterocycles. The van der Waals surface area contributed by atoms with Gasteiger partial charge in [-0.2, -0.15) is 15.0 Å². The van der Waals surface area contributed by atoms with Crippen LogP contribution in [0.2, 0.25) is 5.02 Å². The smallest absolute Gasteiger partial charge is 0.339 e. The van der Waals surface area contributed by atoms with E-state index in [4.69, 9.17) is 26.5 Å². The van der Waals surface area contributed by atoms with Crippen LogP contribution in [0.1, 0.15) is 40.5 Å². The summed E-state index contributed by atoms with van der Waals surface area (Å²) in [5.41, 5.74) is 0.0278. The first-order chi connectivity index (χ1) is 23.8. The second-order valence-corrected chi connectivity index (χ2v) is 16.1. The molecule has 284 valence electrons. The van der Waals surface area contributed by atoms with Crippen molar-refractivity contribution in [2.24, 2.45) is 4.99 Å². The Kier molecular flexibility index (Phi) is 18.0. The molecule has 4 rings (SSSR count). The highest BCUT2D eigenvalue weighted by atomic mass is 35.5. The van der Waals surface area contributed by atoms with Crippen molar-refractivity contribution in [3.8, 4) is 0 Å². The standard InChI is InChI=1S/C15H15ClFN3O3S2.C10H19N5S.C3H8NO5P/c1-23-13(21)8-24-12-7-11(10(17)6-9(12)16)18-14-19-4-2-3-5-20(19)15(22)25-14;1-6-11-7-12-8(15-10(2,3)4)14-9(13-7)16-5;5-3(6)1-4-2-10(7,8)9/h6-7H,2-5,8H2,1H3;6H2,1-5H3,(H2,11,12,13,14,15);4H,1-2H2,(H,5,6)(H2,7,8,9)/b18-14-;;. The number of carboxylic acids is 1. The maximum absolute atomic E-state index is 14.3. The van der Waals surface area contributed by atoms with Crippen LogP contribution in [0, 0.1) is 5.82 Å². The summed E-state index contributed by atoms with van der Waals surface area (Å²) in [7, 11) is -2.80. The van der Waals surface area contributed by atoms with E-state index < -0.39 is 38.2 Å². The molecule has 0 amide bonds. The third-order valence-corrected chi connectivity index (χ3v) is 9.40. The van der Waals surface area contributed by atoms with Crippen LogP contribution in [0.5, 0.6) is 0 Å². The molecular weight excluding hydrogens is 772 g/mol. The minimum atomic E-state index is -4.10. The van der Waals surface area contributed by atoms with Crippen molar-refractivity contribution < 1.29 is 38.2 Å². The number of aromatic nitrogens is 5. The van der Waals surface area contributed by atoms with Crippen molar-refractivity contribution in [3.63, 3.8) is 0 Å². The summed E-state index contributed by atoms with van der Waals surface area (Å²) in [6, 6.07) is 2.64. The number of carbonyl (C=O) groups is 2. The molecule has 1 aliphatic rings. The highest BCUT2D eigenvalue weighted by Crippen LogP contribution is 2.33. The van der Waals surface area contributed by atoms with Gasteiger partial charge in [0.1, 0.15) is 11.5 Å². The van der Waals surface area contributed by atoms with Crippen LogP contribution in [-0.2, 0) is 32.0 Å². The van der Waals surface area contributed by atoms with E-state index in [9.17, 15) is 23.3 Å². The fourth-order valence-electron chi connectivity index (χ4n) is 3.82. The highest BCUT2D eigenvalue weighted by Gasteiger charge is 2.16. The molecule has 17 nitrogen and oxygen atoms in total. The minimum Gasteiger partial charge on any atom is -0.480 e. The number of methoxy groups -OCH3 is 1. The first-order valence-corrected chi connectivity index (χ1v) is 20.4. The number of fused-ring (bicyclic) bond motifs is 1. The minimum absolute atomic E-state index is 0.0550. The highest BCUT2D eigenvalue weighted by molar-refractivity contribution is 8.00. The Labute approximate surface area is 311 Å². The zero-order chi connectivity index (χ0) is 38.4. The number of benzene rings is 1. The number of rotatable bonds is 12. The van der Waals surface area contributed by atoms with Gasteiger partial charge in [-0.05, 0) is 70.3 Å². The van der Waals surface area contributed by atoms with Crippen LogP contribution in [0.3, 0.4) is 0 Å². The number of hydrogen-bond donors (Lipinski definition) is 6. The lowest BCUT2D eigenvalue weighted by Crippen LogP contribution is -2.31. The number of halogens is 2. The Morgan fingerprint density at radius 3 is 2.37 bits per heavy atom. The summed E-state index contributed by atoms with van der Waals surface area (Å²) < 4.78 is 32.3. The van der Waals surface area contributed by atoms with Crippen LogP contribution >= 0.6 is 54.1 Å².